The zero-order valence-corrected chi connectivity index (χ0v) is 20.7. The van der Waals surface area contributed by atoms with Crippen LogP contribution in [0.3, 0.4) is 0 Å². The van der Waals surface area contributed by atoms with E-state index in [2.05, 4.69) is 5.32 Å². The van der Waals surface area contributed by atoms with E-state index in [0.717, 1.165) is 17.7 Å². The van der Waals surface area contributed by atoms with Crippen molar-refractivity contribution in [1.82, 2.24) is 4.90 Å². The predicted octanol–water partition coefficient (Wildman–Crippen LogP) is 3.07. The predicted molar refractivity (Wildman–Crippen MR) is 131 cm³/mol. The van der Waals surface area contributed by atoms with Crippen LogP contribution in [-0.4, -0.2) is 67.0 Å². The third-order valence-corrected chi connectivity index (χ3v) is 5.90. The van der Waals surface area contributed by atoms with Gasteiger partial charge in [0.05, 0.1) is 41.5 Å². The number of anilines is 1. The average molecular weight is 509 g/mol. The van der Waals surface area contributed by atoms with Gasteiger partial charge in [-0.15, -0.1) is 0 Å². The summed E-state index contributed by atoms with van der Waals surface area (Å²) in [5.41, 5.74) is 1.15. The van der Waals surface area contributed by atoms with Crippen molar-refractivity contribution in [1.29, 1.82) is 0 Å². The highest BCUT2D eigenvalue weighted by atomic mass is 16.5. The first-order chi connectivity index (χ1) is 17.7. The smallest absolute Gasteiger partial charge is 0.338 e. The van der Waals surface area contributed by atoms with Gasteiger partial charge in [-0.2, -0.15) is 0 Å². The Morgan fingerprint density at radius 2 is 1.65 bits per heavy atom. The fourth-order valence-corrected chi connectivity index (χ4v) is 4.00. The summed E-state index contributed by atoms with van der Waals surface area (Å²) in [4.78, 5) is 63.3. The molecule has 0 spiro atoms. The van der Waals surface area contributed by atoms with Crippen LogP contribution in [0.1, 0.15) is 68.1 Å². The lowest BCUT2D eigenvalue weighted by Crippen LogP contribution is -2.36. The number of carbonyl (C=O) groups is 5. The number of hydrogen-bond donors (Lipinski definition) is 1. The second-order valence-electron chi connectivity index (χ2n) is 9.31. The summed E-state index contributed by atoms with van der Waals surface area (Å²) >= 11 is 0. The van der Waals surface area contributed by atoms with E-state index in [1.54, 1.807) is 0 Å². The molecule has 0 unspecified atom stereocenters. The summed E-state index contributed by atoms with van der Waals surface area (Å²) < 4.78 is 15.8. The summed E-state index contributed by atoms with van der Waals surface area (Å²) in [5.74, 6) is -2.53. The van der Waals surface area contributed by atoms with Crippen molar-refractivity contribution in [2.45, 2.75) is 32.8 Å². The van der Waals surface area contributed by atoms with Gasteiger partial charge in [-0.05, 0) is 61.2 Å². The third kappa shape index (κ3) is 6.21. The van der Waals surface area contributed by atoms with Crippen LogP contribution < -0.4 is 5.32 Å². The van der Waals surface area contributed by atoms with Crippen LogP contribution in [0.15, 0.2) is 42.5 Å². The number of carbonyl (C=O) groups excluding carboxylic acids is 5. The van der Waals surface area contributed by atoms with Gasteiger partial charge in [0.15, 0.2) is 6.61 Å². The normalized spacial score (nSPS) is 16.6. The van der Waals surface area contributed by atoms with Crippen LogP contribution in [0.2, 0.25) is 0 Å². The van der Waals surface area contributed by atoms with Crippen molar-refractivity contribution in [3.05, 3.63) is 64.7 Å². The topological polar surface area (TPSA) is 128 Å². The number of nitrogens with one attached hydrogen (secondary N) is 1. The fraction of sp³-hybridized carbons (Fsp3) is 0.370. The molecule has 10 nitrogen and oxygen atoms in total. The van der Waals surface area contributed by atoms with Crippen molar-refractivity contribution in [3.63, 3.8) is 0 Å². The SMILES string of the molecule is CC(C)COC(=O)c1ccc(NC(=O)COC(=O)c2ccc3c(c2)C(=O)N(C[C@H]2CCCO2)C3=O)cc1. The zero-order valence-electron chi connectivity index (χ0n) is 20.7. The molecular weight excluding hydrogens is 480 g/mol. The summed E-state index contributed by atoms with van der Waals surface area (Å²) in [6, 6.07) is 10.2. The molecule has 4 rings (SSSR count). The molecule has 10 heteroatoms. The molecule has 0 aliphatic carbocycles. The van der Waals surface area contributed by atoms with E-state index in [1.807, 2.05) is 13.8 Å². The number of ether oxygens (including phenoxy) is 3. The van der Waals surface area contributed by atoms with Crippen molar-refractivity contribution in [2.24, 2.45) is 5.92 Å². The average Bonchev–Trinajstić information content (AvgIpc) is 3.49. The number of hydrogen-bond acceptors (Lipinski definition) is 8. The minimum absolute atomic E-state index is 0.0518. The molecule has 1 saturated heterocycles. The monoisotopic (exact) mass is 508 g/mol. The maximum atomic E-state index is 12.8. The zero-order chi connectivity index (χ0) is 26.5. The van der Waals surface area contributed by atoms with E-state index in [-0.39, 0.29) is 35.3 Å². The van der Waals surface area contributed by atoms with Gasteiger partial charge in [0, 0.05) is 12.3 Å². The maximum Gasteiger partial charge on any atom is 0.338 e. The van der Waals surface area contributed by atoms with Gasteiger partial charge < -0.3 is 19.5 Å². The van der Waals surface area contributed by atoms with Gasteiger partial charge in [-0.25, -0.2) is 9.59 Å². The van der Waals surface area contributed by atoms with Gasteiger partial charge in [-0.1, -0.05) is 13.8 Å². The molecule has 194 valence electrons. The van der Waals surface area contributed by atoms with Crippen molar-refractivity contribution >= 4 is 35.3 Å². The van der Waals surface area contributed by atoms with Gasteiger partial charge in [0.25, 0.3) is 17.7 Å². The Hall–Kier alpha value is -4.05. The molecule has 2 aliphatic rings. The first-order valence-electron chi connectivity index (χ1n) is 12.1. The highest BCUT2D eigenvalue weighted by Crippen LogP contribution is 2.26. The fourth-order valence-electron chi connectivity index (χ4n) is 4.00. The van der Waals surface area contributed by atoms with E-state index in [4.69, 9.17) is 14.2 Å². The van der Waals surface area contributed by atoms with Crippen molar-refractivity contribution < 1.29 is 38.2 Å². The van der Waals surface area contributed by atoms with Crippen molar-refractivity contribution in [2.75, 3.05) is 31.7 Å². The Labute approximate surface area is 213 Å². The third-order valence-electron chi connectivity index (χ3n) is 5.90. The van der Waals surface area contributed by atoms with Crippen molar-refractivity contribution in [3.8, 4) is 0 Å². The molecular formula is C27H28N2O8. The molecule has 1 atom stereocenters. The number of imide groups is 1. The summed E-state index contributed by atoms with van der Waals surface area (Å²) in [7, 11) is 0. The molecule has 0 bridgehead atoms. The molecule has 0 saturated carbocycles. The number of nitrogens with zero attached hydrogens (tertiary/aromatic N) is 1. The molecule has 1 fully saturated rings. The van der Waals surface area contributed by atoms with Crippen LogP contribution in [0, 0.1) is 5.92 Å². The molecule has 2 aromatic carbocycles. The van der Waals surface area contributed by atoms with E-state index in [9.17, 15) is 24.0 Å². The molecule has 2 aromatic rings. The molecule has 2 heterocycles. The second-order valence-corrected chi connectivity index (χ2v) is 9.31. The largest absolute Gasteiger partial charge is 0.462 e. The molecule has 1 N–H and O–H groups in total. The molecule has 0 radical (unpaired) electrons. The lowest BCUT2D eigenvalue weighted by Gasteiger charge is -2.17. The van der Waals surface area contributed by atoms with Crippen LogP contribution in [0.5, 0.6) is 0 Å². The van der Waals surface area contributed by atoms with Gasteiger partial charge in [-0.3, -0.25) is 19.3 Å². The number of rotatable bonds is 9. The minimum atomic E-state index is -0.806. The first kappa shape index (κ1) is 26.0. The summed E-state index contributed by atoms with van der Waals surface area (Å²) in [6.07, 6.45) is 1.48. The highest BCUT2D eigenvalue weighted by Gasteiger charge is 2.38. The molecule has 0 aromatic heterocycles. The maximum absolute atomic E-state index is 12.8. The molecule has 37 heavy (non-hydrogen) atoms. The Balaban J connectivity index is 1.30. The van der Waals surface area contributed by atoms with Gasteiger partial charge in [0.2, 0.25) is 0 Å². The quantitative estimate of drug-likeness (QED) is 0.404. The van der Waals surface area contributed by atoms with Gasteiger partial charge >= 0.3 is 11.9 Å². The van der Waals surface area contributed by atoms with Crippen LogP contribution >= 0.6 is 0 Å². The van der Waals surface area contributed by atoms with Crippen LogP contribution in [0.4, 0.5) is 5.69 Å². The van der Waals surface area contributed by atoms with E-state index < -0.39 is 36.3 Å². The van der Waals surface area contributed by atoms with Gasteiger partial charge in [0.1, 0.15) is 0 Å². The Morgan fingerprint density at radius 1 is 0.973 bits per heavy atom. The lowest BCUT2D eigenvalue weighted by atomic mass is 10.1. The minimum Gasteiger partial charge on any atom is -0.462 e. The first-order valence-corrected chi connectivity index (χ1v) is 12.1. The lowest BCUT2D eigenvalue weighted by molar-refractivity contribution is -0.119. The van der Waals surface area contributed by atoms with E-state index in [1.165, 1.54) is 42.5 Å². The Morgan fingerprint density at radius 3 is 2.32 bits per heavy atom. The second kappa shape index (κ2) is 11.3. The number of amides is 3. The standard InChI is InChI=1S/C27H28N2O8/c1-16(2)14-36-26(33)17-5-8-19(9-6-17)28-23(30)15-37-27(34)18-7-10-21-22(12-18)25(32)29(24(21)31)13-20-4-3-11-35-20/h5-10,12,16,20H,3-4,11,13-15H2,1-2H3,(H,28,30)/t20-/m1/s1. The van der Waals surface area contributed by atoms with Crippen LogP contribution in [0.25, 0.3) is 0 Å². The summed E-state index contributed by atoms with van der Waals surface area (Å²) in [5, 5.41) is 2.57. The molecule has 3 amide bonds. The number of benzene rings is 2. The Kier molecular flexibility index (Phi) is 7.98. The van der Waals surface area contributed by atoms with Crippen LogP contribution in [-0.2, 0) is 19.0 Å². The number of esters is 2. The highest BCUT2D eigenvalue weighted by molar-refractivity contribution is 6.22. The number of fused-ring (bicyclic) bond motifs is 1. The summed E-state index contributed by atoms with van der Waals surface area (Å²) in [6.45, 7) is 4.40. The molecule has 2 aliphatic heterocycles. The Bertz CT molecular complexity index is 1220. The van der Waals surface area contributed by atoms with E-state index >= 15 is 0 Å². The van der Waals surface area contributed by atoms with E-state index in [0.29, 0.717) is 24.5 Å².